The van der Waals surface area contributed by atoms with E-state index in [2.05, 4.69) is 36.8 Å². The number of nitrogens with zero attached hydrogens (tertiary/aromatic N) is 1. The second kappa shape index (κ2) is 6.20. The average Bonchev–Trinajstić information content (AvgIpc) is 2.20. The van der Waals surface area contributed by atoms with Gasteiger partial charge in [0.25, 0.3) is 0 Å². The summed E-state index contributed by atoms with van der Waals surface area (Å²) in [6.45, 7) is 3.73. The number of rotatable bonds is 4. The van der Waals surface area contributed by atoms with Gasteiger partial charge in [0.1, 0.15) is 12.7 Å². The first kappa shape index (κ1) is 14.2. The normalized spacial score (nSPS) is 12.0. The lowest BCUT2D eigenvalue weighted by Crippen LogP contribution is -2.25. The Morgan fingerprint density at radius 1 is 1.53 bits per heavy atom. The van der Waals surface area contributed by atoms with Crippen LogP contribution in [0, 0.1) is 6.92 Å². The molecule has 0 saturated heterocycles. The SMILES string of the molecule is Cc1nc(OCC(C)OC(N)=O)c(Br)cc1Br. The van der Waals surface area contributed by atoms with Crippen molar-refractivity contribution in [1.29, 1.82) is 0 Å². The van der Waals surface area contributed by atoms with Gasteiger partial charge in [-0.2, -0.15) is 0 Å². The van der Waals surface area contributed by atoms with E-state index in [1.807, 2.05) is 13.0 Å². The molecule has 17 heavy (non-hydrogen) atoms. The van der Waals surface area contributed by atoms with Crippen LogP contribution in [0.2, 0.25) is 0 Å². The fourth-order valence-corrected chi connectivity index (χ4v) is 2.12. The molecule has 0 aromatic carbocycles. The van der Waals surface area contributed by atoms with Crippen molar-refractivity contribution in [1.82, 2.24) is 4.98 Å². The minimum absolute atomic E-state index is 0.190. The highest BCUT2D eigenvalue weighted by Gasteiger charge is 2.11. The summed E-state index contributed by atoms with van der Waals surface area (Å²) >= 11 is 6.69. The zero-order valence-corrected chi connectivity index (χ0v) is 12.5. The van der Waals surface area contributed by atoms with Crippen molar-refractivity contribution < 1.29 is 14.3 Å². The van der Waals surface area contributed by atoms with Crippen LogP contribution in [0.1, 0.15) is 12.6 Å². The minimum atomic E-state index is -0.819. The Labute approximate surface area is 116 Å². The molecule has 1 aromatic heterocycles. The molecule has 0 saturated carbocycles. The van der Waals surface area contributed by atoms with Gasteiger partial charge in [-0.05, 0) is 51.8 Å². The number of hydrogen-bond donors (Lipinski definition) is 1. The van der Waals surface area contributed by atoms with Gasteiger partial charge in [-0.15, -0.1) is 0 Å². The summed E-state index contributed by atoms with van der Waals surface area (Å²) in [5.41, 5.74) is 5.70. The Bertz CT molecular complexity index is 426. The molecule has 7 heteroatoms. The number of carbonyl (C=O) groups is 1. The van der Waals surface area contributed by atoms with E-state index in [0.717, 1.165) is 14.6 Å². The third-order valence-electron chi connectivity index (χ3n) is 1.84. The van der Waals surface area contributed by atoms with Crippen LogP contribution < -0.4 is 10.5 Å². The number of hydrogen-bond acceptors (Lipinski definition) is 4. The van der Waals surface area contributed by atoms with Gasteiger partial charge in [0.05, 0.1) is 10.2 Å². The van der Waals surface area contributed by atoms with Gasteiger partial charge in [-0.25, -0.2) is 9.78 Å². The summed E-state index contributed by atoms with van der Waals surface area (Å²) in [5.74, 6) is 0.450. The molecule has 0 bridgehead atoms. The van der Waals surface area contributed by atoms with Crippen LogP contribution in [0.15, 0.2) is 15.0 Å². The predicted octanol–water partition coefficient (Wildman–Crippen LogP) is 2.78. The largest absolute Gasteiger partial charge is 0.473 e. The van der Waals surface area contributed by atoms with E-state index < -0.39 is 12.2 Å². The number of halogens is 2. The van der Waals surface area contributed by atoms with E-state index in [9.17, 15) is 4.79 Å². The molecule has 1 atom stereocenters. The monoisotopic (exact) mass is 366 g/mol. The summed E-state index contributed by atoms with van der Waals surface area (Å²) in [5, 5.41) is 0. The second-order valence-corrected chi connectivity index (χ2v) is 5.11. The number of pyridine rings is 1. The zero-order chi connectivity index (χ0) is 13.0. The molecular weight excluding hydrogens is 356 g/mol. The Morgan fingerprint density at radius 3 is 2.76 bits per heavy atom. The maximum Gasteiger partial charge on any atom is 0.404 e. The van der Waals surface area contributed by atoms with Crippen molar-refractivity contribution >= 4 is 38.0 Å². The molecule has 0 fully saturated rings. The van der Waals surface area contributed by atoms with E-state index >= 15 is 0 Å². The molecule has 1 heterocycles. The van der Waals surface area contributed by atoms with Gasteiger partial charge in [-0.3, -0.25) is 0 Å². The first-order valence-corrected chi connectivity index (χ1v) is 6.40. The number of nitrogens with two attached hydrogens (primary N) is 1. The molecule has 0 radical (unpaired) electrons. The van der Waals surface area contributed by atoms with Crippen LogP contribution in [-0.4, -0.2) is 23.8 Å². The van der Waals surface area contributed by atoms with Crippen molar-refractivity contribution in [2.45, 2.75) is 20.0 Å². The summed E-state index contributed by atoms with van der Waals surface area (Å²) in [6, 6.07) is 1.84. The summed E-state index contributed by atoms with van der Waals surface area (Å²) in [4.78, 5) is 14.7. The first-order valence-electron chi connectivity index (χ1n) is 4.81. The molecule has 0 aliphatic rings. The van der Waals surface area contributed by atoms with Crippen LogP contribution in [0.25, 0.3) is 0 Å². The molecule has 94 valence electrons. The summed E-state index contributed by atoms with van der Waals surface area (Å²) < 4.78 is 11.8. The van der Waals surface area contributed by atoms with Crippen LogP contribution in [0.3, 0.4) is 0 Å². The molecule has 1 aromatic rings. The van der Waals surface area contributed by atoms with Crippen LogP contribution >= 0.6 is 31.9 Å². The van der Waals surface area contributed by atoms with E-state index in [1.54, 1.807) is 6.92 Å². The van der Waals surface area contributed by atoms with E-state index in [0.29, 0.717) is 5.88 Å². The maximum atomic E-state index is 10.5. The lowest BCUT2D eigenvalue weighted by atomic mass is 10.4. The van der Waals surface area contributed by atoms with E-state index in [1.165, 1.54) is 0 Å². The lowest BCUT2D eigenvalue weighted by Gasteiger charge is -2.13. The van der Waals surface area contributed by atoms with E-state index in [4.69, 9.17) is 15.2 Å². The highest BCUT2D eigenvalue weighted by molar-refractivity contribution is 9.11. The zero-order valence-electron chi connectivity index (χ0n) is 9.37. The standard InChI is InChI=1S/C10H12Br2N2O3/c1-5(17-10(13)15)4-16-9-8(12)3-7(11)6(2)14-9/h3,5H,4H2,1-2H3,(H2,13,15). The number of ether oxygens (including phenoxy) is 2. The molecule has 2 N–H and O–H groups in total. The Morgan fingerprint density at radius 2 is 2.18 bits per heavy atom. The molecule has 1 rings (SSSR count). The Kier molecular flexibility index (Phi) is 5.20. The molecule has 1 amide bonds. The first-order chi connectivity index (χ1) is 7.90. The second-order valence-electron chi connectivity index (χ2n) is 3.40. The van der Waals surface area contributed by atoms with Gasteiger partial charge < -0.3 is 15.2 Å². The van der Waals surface area contributed by atoms with Crippen molar-refractivity contribution in [3.05, 3.63) is 20.7 Å². The molecule has 0 spiro atoms. The third-order valence-corrected chi connectivity index (χ3v) is 3.22. The highest BCUT2D eigenvalue weighted by Crippen LogP contribution is 2.28. The van der Waals surface area contributed by atoms with Crippen molar-refractivity contribution in [2.75, 3.05) is 6.61 Å². The third kappa shape index (κ3) is 4.51. The predicted molar refractivity (Wildman–Crippen MR) is 70.0 cm³/mol. The average molecular weight is 368 g/mol. The van der Waals surface area contributed by atoms with Gasteiger partial charge >= 0.3 is 6.09 Å². The van der Waals surface area contributed by atoms with Crippen molar-refractivity contribution in [2.24, 2.45) is 5.73 Å². The fourth-order valence-electron chi connectivity index (χ4n) is 1.07. The molecule has 0 aliphatic carbocycles. The Hall–Kier alpha value is -0.820. The number of amides is 1. The van der Waals surface area contributed by atoms with E-state index in [-0.39, 0.29) is 6.61 Å². The fraction of sp³-hybridized carbons (Fsp3) is 0.400. The van der Waals surface area contributed by atoms with Crippen molar-refractivity contribution in [3.63, 3.8) is 0 Å². The molecule has 0 aliphatic heterocycles. The Balaban J connectivity index is 2.63. The van der Waals surface area contributed by atoms with Crippen LogP contribution in [-0.2, 0) is 4.74 Å². The number of primary amides is 1. The minimum Gasteiger partial charge on any atom is -0.473 e. The number of aromatic nitrogens is 1. The topological polar surface area (TPSA) is 74.4 Å². The lowest BCUT2D eigenvalue weighted by molar-refractivity contribution is 0.0805. The van der Waals surface area contributed by atoms with Gasteiger partial charge in [0, 0.05) is 4.47 Å². The molecular formula is C10H12Br2N2O3. The smallest absolute Gasteiger partial charge is 0.404 e. The maximum absolute atomic E-state index is 10.5. The van der Waals surface area contributed by atoms with Gasteiger partial charge in [0.2, 0.25) is 5.88 Å². The van der Waals surface area contributed by atoms with Crippen LogP contribution in [0.5, 0.6) is 5.88 Å². The van der Waals surface area contributed by atoms with Gasteiger partial charge in [0.15, 0.2) is 0 Å². The quantitative estimate of drug-likeness (QED) is 0.887. The number of aryl methyl sites for hydroxylation is 1. The summed E-state index contributed by atoms with van der Waals surface area (Å²) in [6.07, 6.45) is -1.25. The highest BCUT2D eigenvalue weighted by atomic mass is 79.9. The number of carbonyl (C=O) groups excluding carboxylic acids is 1. The van der Waals surface area contributed by atoms with Crippen molar-refractivity contribution in [3.8, 4) is 5.88 Å². The van der Waals surface area contributed by atoms with Gasteiger partial charge in [-0.1, -0.05) is 0 Å². The van der Waals surface area contributed by atoms with Crippen LogP contribution in [0.4, 0.5) is 4.79 Å². The molecule has 1 unspecified atom stereocenters. The molecule has 5 nitrogen and oxygen atoms in total. The summed E-state index contributed by atoms with van der Waals surface area (Å²) in [7, 11) is 0.